The molecular weight excluding hydrogens is 309 g/mol. The smallest absolute Gasteiger partial charge is 0.406 e. The molecule has 0 aliphatic carbocycles. The summed E-state index contributed by atoms with van der Waals surface area (Å²) >= 11 is 0. The highest BCUT2D eigenvalue weighted by atomic mass is 19.4. The van der Waals surface area contributed by atoms with Crippen molar-refractivity contribution in [3.8, 4) is 5.75 Å². The minimum absolute atomic E-state index is 0.188. The maximum Gasteiger partial charge on any atom is 0.573 e. The van der Waals surface area contributed by atoms with Crippen LogP contribution in [0.4, 0.5) is 24.5 Å². The Bertz CT molecular complexity index is 755. The molecule has 0 bridgehead atoms. The van der Waals surface area contributed by atoms with Crippen LogP contribution in [0.5, 0.6) is 5.75 Å². The van der Waals surface area contributed by atoms with E-state index in [1.807, 2.05) is 18.2 Å². The van der Waals surface area contributed by atoms with Crippen LogP contribution in [0.3, 0.4) is 0 Å². The fourth-order valence-corrected chi connectivity index (χ4v) is 2.28. The Hall–Kier alpha value is -2.83. The number of para-hydroxylation sites is 1. The quantitative estimate of drug-likeness (QED) is 0.868. The molecule has 1 N–H and O–H groups in total. The Kier molecular flexibility index (Phi) is 3.77. The van der Waals surface area contributed by atoms with Crippen molar-refractivity contribution in [3.05, 3.63) is 54.1 Å². The van der Waals surface area contributed by atoms with Gasteiger partial charge in [0.2, 0.25) is 5.91 Å². The van der Waals surface area contributed by atoms with Crippen LogP contribution in [0.15, 0.2) is 53.5 Å². The number of aliphatic imine (C=N–C) groups is 1. The number of fused-ring (bicyclic) bond motifs is 1. The Morgan fingerprint density at radius 1 is 1.09 bits per heavy atom. The van der Waals surface area contributed by atoms with Crippen LogP contribution in [0.25, 0.3) is 0 Å². The van der Waals surface area contributed by atoms with Crippen molar-refractivity contribution >= 4 is 23.5 Å². The minimum atomic E-state index is -4.73. The van der Waals surface area contributed by atoms with Crippen LogP contribution in [0.1, 0.15) is 11.5 Å². The Morgan fingerprint density at radius 3 is 2.48 bits per heavy atom. The Morgan fingerprint density at radius 2 is 1.78 bits per heavy atom. The lowest BCUT2D eigenvalue weighted by Crippen LogP contribution is -2.16. The summed E-state index contributed by atoms with van der Waals surface area (Å²) in [5, 5.41) is 2.74. The van der Waals surface area contributed by atoms with Crippen LogP contribution in [-0.2, 0) is 4.79 Å². The van der Waals surface area contributed by atoms with Gasteiger partial charge in [0.15, 0.2) is 0 Å². The van der Waals surface area contributed by atoms with E-state index < -0.39 is 12.3 Å². The number of hydrogen-bond acceptors (Lipinski definition) is 3. The molecular formula is C16H11F3N2O2. The van der Waals surface area contributed by atoms with Gasteiger partial charge >= 0.3 is 6.36 Å². The molecule has 0 saturated carbocycles. The number of amides is 1. The average Bonchev–Trinajstić information content (AvgIpc) is 2.80. The van der Waals surface area contributed by atoms with E-state index in [-0.39, 0.29) is 11.7 Å². The molecule has 0 saturated heterocycles. The molecule has 0 radical (unpaired) electrons. The zero-order chi connectivity index (χ0) is 16.4. The van der Waals surface area contributed by atoms with Gasteiger partial charge in [-0.25, -0.2) is 0 Å². The summed E-state index contributed by atoms with van der Waals surface area (Å²) in [5.41, 5.74) is 1.98. The van der Waals surface area contributed by atoms with Gasteiger partial charge in [0.1, 0.15) is 11.7 Å². The number of ether oxygens (including phenoxy) is 1. The van der Waals surface area contributed by atoms with Gasteiger partial charge in [-0.3, -0.25) is 9.79 Å². The SMILES string of the molecule is O=C1Nc2ccccc2C1C=Nc1ccc(OC(F)(F)F)cc1. The molecule has 23 heavy (non-hydrogen) atoms. The lowest BCUT2D eigenvalue weighted by Gasteiger charge is -2.08. The van der Waals surface area contributed by atoms with Gasteiger partial charge in [0.05, 0.1) is 5.69 Å². The van der Waals surface area contributed by atoms with Crippen molar-refractivity contribution in [1.29, 1.82) is 0 Å². The summed E-state index contributed by atoms with van der Waals surface area (Å²) in [6.45, 7) is 0. The summed E-state index contributed by atoms with van der Waals surface area (Å²) in [6, 6.07) is 12.4. The van der Waals surface area contributed by atoms with Gasteiger partial charge in [-0.15, -0.1) is 13.2 Å². The van der Waals surface area contributed by atoms with E-state index >= 15 is 0 Å². The zero-order valence-corrected chi connectivity index (χ0v) is 11.7. The van der Waals surface area contributed by atoms with E-state index in [0.29, 0.717) is 5.69 Å². The maximum absolute atomic E-state index is 12.1. The zero-order valence-electron chi connectivity index (χ0n) is 11.7. The first-order valence-electron chi connectivity index (χ1n) is 6.72. The van der Waals surface area contributed by atoms with Gasteiger partial charge in [0.25, 0.3) is 0 Å². The van der Waals surface area contributed by atoms with Gasteiger partial charge in [-0.1, -0.05) is 18.2 Å². The summed E-state index contributed by atoms with van der Waals surface area (Å²) in [4.78, 5) is 16.1. The second-order valence-corrected chi connectivity index (χ2v) is 4.87. The first-order chi connectivity index (χ1) is 10.9. The third-order valence-corrected chi connectivity index (χ3v) is 3.28. The predicted octanol–water partition coefficient (Wildman–Crippen LogP) is 4.02. The molecule has 2 aromatic carbocycles. The van der Waals surface area contributed by atoms with Gasteiger partial charge in [-0.05, 0) is 35.9 Å². The van der Waals surface area contributed by atoms with Crippen molar-refractivity contribution in [1.82, 2.24) is 0 Å². The molecule has 1 aliphatic rings. The molecule has 3 rings (SSSR count). The number of hydrogen-bond donors (Lipinski definition) is 1. The monoisotopic (exact) mass is 320 g/mol. The van der Waals surface area contributed by atoms with Gasteiger partial charge in [-0.2, -0.15) is 0 Å². The van der Waals surface area contributed by atoms with E-state index in [2.05, 4.69) is 15.0 Å². The number of nitrogens with zero attached hydrogens (tertiary/aromatic N) is 1. The van der Waals surface area contributed by atoms with Crippen molar-refractivity contribution < 1.29 is 22.7 Å². The number of nitrogens with one attached hydrogen (secondary N) is 1. The summed E-state index contributed by atoms with van der Waals surface area (Å²) in [5.74, 6) is -1.02. The van der Waals surface area contributed by atoms with Crippen LogP contribution in [0, 0.1) is 0 Å². The second kappa shape index (κ2) is 5.75. The minimum Gasteiger partial charge on any atom is -0.406 e. The molecule has 1 unspecified atom stereocenters. The summed E-state index contributed by atoms with van der Waals surface area (Å²) in [7, 11) is 0. The number of rotatable bonds is 3. The van der Waals surface area contributed by atoms with E-state index in [4.69, 9.17) is 0 Å². The van der Waals surface area contributed by atoms with Gasteiger partial charge in [0, 0.05) is 11.9 Å². The van der Waals surface area contributed by atoms with Crippen LogP contribution in [-0.4, -0.2) is 18.5 Å². The van der Waals surface area contributed by atoms with Crippen LogP contribution >= 0.6 is 0 Å². The normalized spacial score (nSPS) is 17.2. The predicted molar refractivity (Wildman–Crippen MR) is 79.1 cm³/mol. The fraction of sp³-hybridized carbons (Fsp3) is 0.125. The number of halogens is 3. The number of carbonyl (C=O) groups excluding carboxylic acids is 1. The van der Waals surface area contributed by atoms with Gasteiger partial charge < -0.3 is 10.1 Å². The topological polar surface area (TPSA) is 50.7 Å². The van der Waals surface area contributed by atoms with E-state index in [1.165, 1.54) is 30.5 Å². The van der Waals surface area contributed by atoms with Crippen molar-refractivity contribution in [2.75, 3.05) is 5.32 Å². The number of alkyl halides is 3. The molecule has 1 atom stereocenters. The lowest BCUT2D eigenvalue weighted by atomic mass is 10.0. The third-order valence-electron chi connectivity index (χ3n) is 3.28. The highest BCUT2D eigenvalue weighted by molar-refractivity contribution is 6.12. The standard InChI is InChI=1S/C16H11F3N2O2/c17-16(18,19)23-11-7-5-10(6-8-11)20-9-13-12-3-1-2-4-14(12)21-15(13)22/h1-9,13H,(H,21,22). The summed E-state index contributed by atoms with van der Waals surface area (Å²) in [6.07, 6.45) is -3.25. The highest BCUT2D eigenvalue weighted by Crippen LogP contribution is 2.31. The average molecular weight is 320 g/mol. The molecule has 7 heteroatoms. The van der Waals surface area contributed by atoms with Crippen LogP contribution < -0.4 is 10.1 Å². The largest absolute Gasteiger partial charge is 0.573 e. The maximum atomic E-state index is 12.1. The first-order valence-corrected chi connectivity index (χ1v) is 6.72. The first kappa shape index (κ1) is 15.1. The molecule has 118 valence electrons. The molecule has 0 fully saturated rings. The Balaban J connectivity index is 1.75. The fourth-order valence-electron chi connectivity index (χ4n) is 2.28. The number of anilines is 1. The molecule has 1 amide bonds. The third kappa shape index (κ3) is 3.50. The van der Waals surface area contributed by atoms with Crippen molar-refractivity contribution in [2.24, 2.45) is 4.99 Å². The Labute approximate surface area is 129 Å². The highest BCUT2D eigenvalue weighted by Gasteiger charge is 2.31. The number of carbonyl (C=O) groups is 1. The molecule has 4 nitrogen and oxygen atoms in total. The molecule has 2 aromatic rings. The lowest BCUT2D eigenvalue weighted by molar-refractivity contribution is -0.274. The van der Waals surface area contributed by atoms with Crippen LogP contribution in [0.2, 0.25) is 0 Å². The molecule has 1 heterocycles. The second-order valence-electron chi connectivity index (χ2n) is 4.87. The molecule has 0 aromatic heterocycles. The molecule has 1 aliphatic heterocycles. The van der Waals surface area contributed by atoms with E-state index in [1.54, 1.807) is 6.07 Å². The van der Waals surface area contributed by atoms with E-state index in [9.17, 15) is 18.0 Å². The van der Waals surface area contributed by atoms with Crippen molar-refractivity contribution in [3.63, 3.8) is 0 Å². The van der Waals surface area contributed by atoms with Crippen molar-refractivity contribution in [2.45, 2.75) is 12.3 Å². The van der Waals surface area contributed by atoms with E-state index in [0.717, 1.165) is 11.3 Å². The molecule has 0 spiro atoms. The number of benzene rings is 2. The summed E-state index contributed by atoms with van der Waals surface area (Å²) < 4.78 is 40.0.